The molecular formula is C37H33N3O7. The van der Waals surface area contributed by atoms with Gasteiger partial charge in [-0.1, -0.05) is 43.3 Å². The summed E-state index contributed by atoms with van der Waals surface area (Å²) in [6, 6.07) is 28.0. The van der Waals surface area contributed by atoms with E-state index < -0.39 is 5.60 Å². The van der Waals surface area contributed by atoms with Gasteiger partial charge in [-0.2, -0.15) is 0 Å². The zero-order chi connectivity index (χ0) is 32.3. The Kier molecular flexibility index (Phi) is 7.00. The second kappa shape index (κ2) is 11.3. The van der Waals surface area contributed by atoms with Gasteiger partial charge in [-0.3, -0.25) is 24.2 Å². The summed E-state index contributed by atoms with van der Waals surface area (Å²) >= 11 is 0. The fourth-order valence-electron chi connectivity index (χ4n) is 7.38. The highest BCUT2D eigenvalue weighted by Gasteiger charge is 2.60. The molecule has 10 nitrogen and oxygen atoms in total. The zero-order valence-electron chi connectivity index (χ0n) is 25.8. The molecule has 10 heteroatoms. The van der Waals surface area contributed by atoms with E-state index in [1.165, 1.54) is 0 Å². The second-order valence-electron chi connectivity index (χ2n) is 12.4. The molecule has 1 saturated heterocycles. The molecule has 4 heterocycles. The third-order valence-corrected chi connectivity index (χ3v) is 9.55. The summed E-state index contributed by atoms with van der Waals surface area (Å²) in [6.07, 6.45) is 0.760. The van der Waals surface area contributed by atoms with Gasteiger partial charge in [-0.15, -0.1) is 0 Å². The van der Waals surface area contributed by atoms with Crippen LogP contribution in [-0.2, 0) is 31.3 Å². The Morgan fingerprint density at radius 1 is 0.766 bits per heavy atom. The van der Waals surface area contributed by atoms with Gasteiger partial charge in [0.05, 0.1) is 29.7 Å². The number of benzene rings is 4. The summed E-state index contributed by atoms with van der Waals surface area (Å²) in [5.41, 5.74) is 3.69. The Morgan fingerprint density at radius 3 is 2.00 bits per heavy atom. The van der Waals surface area contributed by atoms with Crippen molar-refractivity contribution in [2.45, 2.75) is 38.0 Å². The highest BCUT2D eigenvalue weighted by Crippen LogP contribution is 2.55. The monoisotopic (exact) mass is 631 g/mol. The van der Waals surface area contributed by atoms with Crippen LogP contribution in [0.25, 0.3) is 0 Å². The SMILES string of the molecule is C[C@@H]1C[C@H](CCO)O[C@@]12C(=O)N(Cc1ccc(N3C(=O)COc4ccccc43)cc1)c1ccc(N3C(=O)COc4ccccc43)cc12. The van der Waals surface area contributed by atoms with Crippen LogP contribution in [0.5, 0.6) is 11.5 Å². The Labute approximate surface area is 271 Å². The summed E-state index contributed by atoms with van der Waals surface area (Å²) in [6.45, 7) is 2.11. The lowest BCUT2D eigenvalue weighted by atomic mass is 9.82. The molecule has 1 N–H and O–H groups in total. The molecular weight excluding hydrogens is 598 g/mol. The Morgan fingerprint density at radius 2 is 1.36 bits per heavy atom. The standard InChI is InChI=1S/C37H33N3O7/c1-23-18-27(16-17-41)47-37(23)28-19-26(40-31-7-3-5-9-33(31)46-22-35(40)43)14-15-29(28)38(36(37)44)20-24-10-12-25(13-11-24)39-30-6-2-4-8-32(30)45-21-34(39)42/h2-15,19,23,27,41H,16-18,20-22H2,1H3/t23-,27+,37+/m1/s1. The van der Waals surface area contributed by atoms with Crippen LogP contribution in [-0.4, -0.2) is 48.8 Å². The molecule has 4 aliphatic rings. The van der Waals surface area contributed by atoms with Gasteiger partial charge >= 0.3 is 0 Å². The number of aliphatic hydroxyl groups is 1. The number of hydrogen-bond acceptors (Lipinski definition) is 7. The number of ether oxygens (including phenoxy) is 3. The average molecular weight is 632 g/mol. The number of anilines is 5. The Bertz CT molecular complexity index is 1910. The zero-order valence-corrected chi connectivity index (χ0v) is 25.8. The molecule has 0 bridgehead atoms. The molecule has 0 unspecified atom stereocenters. The Hall–Kier alpha value is -5.19. The molecule has 3 amide bonds. The lowest BCUT2D eigenvalue weighted by molar-refractivity contribution is -0.146. The van der Waals surface area contributed by atoms with Crippen LogP contribution in [0, 0.1) is 5.92 Å². The van der Waals surface area contributed by atoms with E-state index in [2.05, 4.69) is 0 Å². The van der Waals surface area contributed by atoms with Crippen LogP contribution in [0.2, 0.25) is 0 Å². The molecule has 0 radical (unpaired) electrons. The lowest BCUT2D eigenvalue weighted by Crippen LogP contribution is -2.43. The van der Waals surface area contributed by atoms with E-state index in [0.29, 0.717) is 58.3 Å². The van der Waals surface area contributed by atoms with E-state index in [1.807, 2.05) is 97.9 Å². The second-order valence-corrected chi connectivity index (χ2v) is 12.4. The molecule has 0 aliphatic carbocycles. The number of carbonyl (C=O) groups excluding carboxylic acids is 3. The predicted octanol–water partition coefficient (Wildman–Crippen LogP) is 5.35. The number of para-hydroxylation sites is 4. The van der Waals surface area contributed by atoms with Crippen LogP contribution in [0.15, 0.2) is 91.0 Å². The molecule has 3 atom stereocenters. The maximum Gasteiger partial charge on any atom is 0.269 e. The summed E-state index contributed by atoms with van der Waals surface area (Å²) < 4.78 is 17.9. The first-order valence-corrected chi connectivity index (χ1v) is 15.8. The van der Waals surface area contributed by atoms with Crippen molar-refractivity contribution in [1.29, 1.82) is 0 Å². The number of nitrogens with zero attached hydrogens (tertiary/aromatic N) is 3. The number of amides is 3. The van der Waals surface area contributed by atoms with E-state index in [4.69, 9.17) is 14.2 Å². The molecule has 47 heavy (non-hydrogen) atoms. The molecule has 4 aromatic carbocycles. The van der Waals surface area contributed by atoms with Crippen LogP contribution in [0.1, 0.15) is 30.9 Å². The minimum Gasteiger partial charge on any atom is -0.482 e. The van der Waals surface area contributed by atoms with Gasteiger partial charge in [0, 0.05) is 29.5 Å². The van der Waals surface area contributed by atoms with Crippen molar-refractivity contribution in [3.8, 4) is 11.5 Å². The smallest absolute Gasteiger partial charge is 0.269 e. The summed E-state index contributed by atoms with van der Waals surface area (Å²) in [4.78, 5) is 45.7. The topological polar surface area (TPSA) is 109 Å². The third kappa shape index (κ3) is 4.58. The first-order chi connectivity index (χ1) is 22.9. The minimum absolute atomic E-state index is 0.0419. The number of fused-ring (bicyclic) bond motifs is 4. The normalized spacial score (nSPS) is 23.0. The average Bonchev–Trinajstić information content (AvgIpc) is 3.54. The molecule has 238 valence electrons. The highest BCUT2D eigenvalue weighted by atomic mass is 16.5. The minimum atomic E-state index is -1.26. The van der Waals surface area contributed by atoms with Gasteiger partial charge < -0.3 is 24.2 Å². The van der Waals surface area contributed by atoms with Crippen LogP contribution >= 0.6 is 0 Å². The largest absolute Gasteiger partial charge is 0.482 e. The van der Waals surface area contributed by atoms with Gasteiger partial charge in [-0.25, -0.2) is 0 Å². The van der Waals surface area contributed by atoms with Crippen molar-refractivity contribution in [2.75, 3.05) is 34.5 Å². The van der Waals surface area contributed by atoms with Crippen molar-refractivity contribution >= 4 is 46.2 Å². The molecule has 0 saturated carbocycles. The maximum atomic E-state index is 14.6. The molecule has 4 aromatic rings. The van der Waals surface area contributed by atoms with Crippen molar-refractivity contribution in [1.82, 2.24) is 0 Å². The first kappa shape index (κ1) is 29.2. The van der Waals surface area contributed by atoms with Gasteiger partial charge in [0.1, 0.15) is 11.5 Å². The molecule has 1 fully saturated rings. The van der Waals surface area contributed by atoms with Gasteiger partial charge in [-0.05, 0) is 73.0 Å². The van der Waals surface area contributed by atoms with Crippen molar-refractivity contribution in [2.24, 2.45) is 5.92 Å². The summed E-state index contributed by atoms with van der Waals surface area (Å²) in [7, 11) is 0. The van der Waals surface area contributed by atoms with E-state index in [-0.39, 0.29) is 56.1 Å². The number of carbonyl (C=O) groups is 3. The molecule has 0 aromatic heterocycles. The fourth-order valence-corrected chi connectivity index (χ4v) is 7.38. The van der Waals surface area contributed by atoms with Crippen LogP contribution in [0.4, 0.5) is 28.4 Å². The molecule has 1 spiro atoms. The predicted molar refractivity (Wildman–Crippen MR) is 174 cm³/mol. The third-order valence-electron chi connectivity index (χ3n) is 9.55. The summed E-state index contributed by atoms with van der Waals surface area (Å²) in [5.74, 6) is 0.537. The number of aliphatic hydroxyl groups excluding tert-OH is 1. The van der Waals surface area contributed by atoms with Crippen LogP contribution < -0.4 is 24.2 Å². The number of rotatable bonds is 6. The van der Waals surface area contributed by atoms with Crippen molar-refractivity contribution in [3.63, 3.8) is 0 Å². The van der Waals surface area contributed by atoms with E-state index in [0.717, 1.165) is 5.56 Å². The highest BCUT2D eigenvalue weighted by molar-refractivity contribution is 6.10. The van der Waals surface area contributed by atoms with Gasteiger partial charge in [0.25, 0.3) is 17.7 Å². The van der Waals surface area contributed by atoms with Crippen molar-refractivity contribution < 1.29 is 33.7 Å². The maximum absolute atomic E-state index is 14.6. The van der Waals surface area contributed by atoms with E-state index in [1.54, 1.807) is 14.7 Å². The number of hydrogen-bond donors (Lipinski definition) is 1. The van der Waals surface area contributed by atoms with E-state index >= 15 is 0 Å². The van der Waals surface area contributed by atoms with Crippen molar-refractivity contribution in [3.05, 3.63) is 102 Å². The lowest BCUT2D eigenvalue weighted by Gasteiger charge is -2.31. The first-order valence-electron chi connectivity index (χ1n) is 15.8. The molecule has 4 aliphatic heterocycles. The quantitative estimate of drug-likeness (QED) is 0.306. The molecule has 8 rings (SSSR count). The van der Waals surface area contributed by atoms with Crippen LogP contribution in [0.3, 0.4) is 0 Å². The van der Waals surface area contributed by atoms with E-state index in [9.17, 15) is 19.5 Å². The summed E-state index contributed by atoms with van der Waals surface area (Å²) in [5, 5.41) is 9.71. The van der Waals surface area contributed by atoms with Gasteiger partial charge in [0.2, 0.25) is 0 Å². The fraction of sp³-hybridized carbons (Fsp3) is 0.270. The van der Waals surface area contributed by atoms with Gasteiger partial charge in [0.15, 0.2) is 18.8 Å². The Balaban J connectivity index is 1.16.